The Balaban J connectivity index is 0.000000160. The van der Waals surface area contributed by atoms with Gasteiger partial charge in [-0.05, 0) is 95.1 Å². The third-order valence-corrected chi connectivity index (χ3v) is 15.7. The molecule has 14 atom stereocenters. The van der Waals surface area contributed by atoms with Gasteiger partial charge in [-0.1, -0.05) is 7.43 Å². The van der Waals surface area contributed by atoms with Crippen molar-refractivity contribution >= 4 is 0 Å². The van der Waals surface area contributed by atoms with E-state index < -0.39 is 0 Å². The molecular weight excluding hydrogens is 519 g/mol. The van der Waals surface area contributed by atoms with Gasteiger partial charge in [-0.25, -0.2) is 19.6 Å². The molecule has 15 fully saturated rings. The molecule has 0 saturated heterocycles. The van der Waals surface area contributed by atoms with Crippen molar-refractivity contribution in [1.29, 1.82) is 0 Å². The fraction of sp³-hybridized carbons (Fsp3) is 0.857. The van der Waals surface area contributed by atoms with Gasteiger partial charge in [-0.15, -0.1) is 0 Å². The van der Waals surface area contributed by atoms with Crippen LogP contribution in [0.2, 0.25) is 0 Å². The van der Waals surface area contributed by atoms with Gasteiger partial charge < -0.3 is 0 Å². The topological polar surface area (TPSA) is 0 Å². The predicted molar refractivity (Wildman–Crippen MR) is 70.1 cm³/mol. The molecule has 0 aromatic rings. The molecule has 0 aromatic heterocycles. The fourth-order valence-corrected chi connectivity index (χ4v) is 18.3. The minimum absolute atomic E-state index is 0. The van der Waals surface area contributed by atoms with Gasteiger partial charge in [0.15, 0.2) is 0 Å². The van der Waals surface area contributed by atoms with Crippen molar-refractivity contribution in [1.82, 2.24) is 0 Å². The van der Waals surface area contributed by atoms with Crippen LogP contribution in [0.5, 0.6) is 0 Å². The van der Waals surface area contributed by atoms with Gasteiger partial charge in [-0.2, -0.15) is 0 Å². The number of hydrogen-bond donors (Lipinski definition) is 0. The molecule has 15 saturated carbocycles. The molecule has 0 N–H and O–H groups in total. The molecule has 22 heavy (non-hydrogen) atoms. The van der Waals surface area contributed by atoms with E-state index in [2.05, 4.69) is 13.5 Å². The molecule has 102 valence electrons. The zero-order valence-corrected chi connectivity index (χ0v) is 18.2. The molecular formula is C21H15Rf-. The van der Waals surface area contributed by atoms with E-state index in [0.717, 1.165) is 10.8 Å². The molecule has 15 rings (SSSR count). The van der Waals surface area contributed by atoms with Crippen molar-refractivity contribution in [3.8, 4) is 0 Å². The van der Waals surface area contributed by atoms with E-state index >= 15 is 0 Å². The summed E-state index contributed by atoms with van der Waals surface area (Å²) in [6, 6.07) is 0. The molecule has 0 aromatic carbocycles. The van der Waals surface area contributed by atoms with Gasteiger partial charge in [0, 0.05) is 0 Å². The van der Waals surface area contributed by atoms with Crippen LogP contribution in [-0.4, -0.2) is 0 Å². The minimum atomic E-state index is 0. The van der Waals surface area contributed by atoms with E-state index in [4.69, 9.17) is 0 Å². The van der Waals surface area contributed by atoms with Gasteiger partial charge in [-0.3, -0.25) is 0 Å². The normalized spacial score (nSPS) is 126. The maximum absolute atomic E-state index is 3.25. The van der Waals surface area contributed by atoms with Gasteiger partial charge in [0.2, 0.25) is 0 Å². The van der Waals surface area contributed by atoms with Crippen LogP contribution < -0.4 is 0 Å². The Hall–Kier alpha value is -1.39. The summed E-state index contributed by atoms with van der Waals surface area (Å²) in [7, 11) is 0. The van der Waals surface area contributed by atoms with Crippen LogP contribution in [0, 0.1) is 89.2 Å². The molecule has 14 unspecified atom stereocenters. The Labute approximate surface area is 122 Å². The molecule has 15 aliphatic carbocycles. The van der Waals surface area contributed by atoms with Crippen LogP contribution in [-0.2, 0) is 0 Å². The summed E-state index contributed by atoms with van der Waals surface area (Å²) in [6.45, 7) is 6.50. The largest absolute Gasteiger partial charge is 0.245 e. The summed E-state index contributed by atoms with van der Waals surface area (Å²) in [5, 5.41) is 0. The summed E-state index contributed by atoms with van der Waals surface area (Å²) in [5.74, 6) is 2.75. The molecule has 0 aliphatic heterocycles. The van der Waals surface area contributed by atoms with Crippen LogP contribution in [0.3, 0.4) is 0 Å². The van der Waals surface area contributed by atoms with E-state index in [9.17, 15) is 0 Å². The first kappa shape index (κ1) is 7.93. The zero-order chi connectivity index (χ0) is 11.8. The third kappa shape index (κ3) is 0.131. The van der Waals surface area contributed by atoms with Crippen molar-refractivity contribution in [3.05, 3.63) is 19.6 Å². The minimum Gasteiger partial charge on any atom is -0.245 e. The average molecular weight is 534 g/mol. The Kier molecular flexibility index (Phi) is 0.334. The number of hydrogen-bond acceptors (Lipinski definition) is 0. The number of rotatable bonds is 0. The second-order valence-electron chi connectivity index (χ2n) is 12.1. The van der Waals surface area contributed by atoms with Gasteiger partial charge >= 0.3 is 0 Å². The first-order chi connectivity index (χ1) is 9.84. The van der Waals surface area contributed by atoms with Crippen LogP contribution >= 0.6 is 0 Å². The Morgan fingerprint density at radius 3 is 1.36 bits per heavy atom. The van der Waals surface area contributed by atoms with Crippen LogP contribution in [0.4, 0.5) is 0 Å². The van der Waals surface area contributed by atoms with Crippen molar-refractivity contribution in [2.75, 3.05) is 0 Å². The molecule has 0 bridgehead atoms. The van der Waals surface area contributed by atoms with Crippen molar-refractivity contribution < 1.29 is 0 Å². The van der Waals surface area contributed by atoms with E-state index in [0.29, 0.717) is 0 Å². The van der Waals surface area contributed by atoms with E-state index in [1.54, 1.807) is 12.8 Å². The first-order valence-electron chi connectivity index (χ1n) is 9.24. The summed E-state index contributed by atoms with van der Waals surface area (Å²) in [5.41, 5.74) is 15.7. The maximum atomic E-state index is 3.25. The van der Waals surface area contributed by atoms with Crippen molar-refractivity contribution in [3.63, 3.8) is 0 Å². The SMILES string of the molecule is C.C1C2C13C21C32C13C21C32C34C56C78C9CC97C85C63C124.C=C[CH2-].[Rf]. The fourth-order valence-electron chi connectivity index (χ4n) is 18.3. The van der Waals surface area contributed by atoms with Gasteiger partial charge in [0.05, 0.1) is 0 Å². The molecule has 1 heteroatoms. The molecule has 0 heterocycles. The monoisotopic (exact) mass is 534 g/mol. The molecule has 0 radical (unpaired) electrons. The summed E-state index contributed by atoms with van der Waals surface area (Å²) in [4.78, 5) is 0. The summed E-state index contributed by atoms with van der Waals surface area (Å²) in [6.07, 6.45) is 4.99. The molecule has 13 spiro atoms. The smallest absolute Gasteiger partial charge is 0 e. The standard InChI is InChI=1S/C17H6.C3H5.CH4.Rf/c1-3-5(1)7(3)9(5)11(7)13(9)15(11)16-12-8-4-2-6(4,8)10(8,12)14(12,16)17(13,15)16;1-3-2;;/h3-4H,1-2H2;3H,1-2H2;1H4;/q;-1;;. The van der Waals surface area contributed by atoms with E-state index in [-0.39, 0.29) is 7.43 Å². The first-order valence-corrected chi connectivity index (χ1v) is 9.24. The second-order valence-corrected chi connectivity index (χ2v) is 12.1. The van der Waals surface area contributed by atoms with Crippen LogP contribution in [0.1, 0.15) is 20.3 Å². The Morgan fingerprint density at radius 2 is 1.05 bits per heavy atom. The molecule has 0 nitrogen and oxygen atoms in total. The summed E-state index contributed by atoms with van der Waals surface area (Å²) >= 11 is 0. The molecule has 0 amide bonds. The van der Waals surface area contributed by atoms with Gasteiger partial charge in [0.25, 0.3) is 0 Å². The summed E-state index contributed by atoms with van der Waals surface area (Å²) < 4.78 is 0. The van der Waals surface area contributed by atoms with Crippen molar-refractivity contribution in [2.24, 2.45) is 82.2 Å². The van der Waals surface area contributed by atoms with Crippen LogP contribution in [0.25, 0.3) is 0 Å². The quantitative estimate of drug-likeness (QED) is 0.420. The van der Waals surface area contributed by atoms with Crippen molar-refractivity contribution in [2.45, 2.75) is 20.3 Å². The van der Waals surface area contributed by atoms with Crippen LogP contribution in [0.15, 0.2) is 12.7 Å². The van der Waals surface area contributed by atoms with E-state index in [1.807, 2.05) is 0 Å². The van der Waals surface area contributed by atoms with Gasteiger partial charge in [0.1, 0.15) is 0 Å². The Bertz CT molecular complexity index is 1070. The van der Waals surface area contributed by atoms with E-state index in [1.165, 1.54) is 77.5 Å². The Morgan fingerprint density at radius 1 is 0.727 bits per heavy atom. The predicted octanol–water partition coefficient (Wildman–Crippen LogP) is 2.67. The molecule has 15 aliphatic rings. The average Bonchev–Trinajstić information content (AvgIpc) is 3.03. The third-order valence-electron chi connectivity index (χ3n) is 15.7. The maximum Gasteiger partial charge on any atom is 0 e. The zero-order valence-electron chi connectivity index (χ0n) is 11.8. The number of allylic oxidation sites excluding steroid dienone is 1. The second kappa shape index (κ2) is 0.927.